The highest BCUT2D eigenvalue weighted by Gasteiger charge is 2.11. The van der Waals surface area contributed by atoms with Gasteiger partial charge in [0.2, 0.25) is 0 Å². The Bertz CT molecular complexity index is 417. The van der Waals surface area contributed by atoms with Gasteiger partial charge in [-0.05, 0) is 56.3 Å². The van der Waals surface area contributed by atoms with Crippen LogP contribution in [0.5, 0.6) is 11.5 Å². The molecule has 0 bridgehead atoms. The summed E-state index contributed by atoms with van der Waals surface area (Å²) in [6, 6.07) is 6.85. The molecule has 1 aromatic rings. The molecular weight excluding hydrogens is 250 g/mol. The van der Waals surface area contributed by atoms with Gasteiger partial charge < -0.3 is 14.8 Å². The van der Waals surface area contributed by atoms with Crippen molar-refractivity contribution in [1.82, 2.24) is 5.32 Å². The number of hydrogen-bond acceptors (Lipinski definition) is 3. The lowest BCUT2D eigenvalue weighted by Crippen LogP contribution is -2.28. The second kappa shape index (κ2) is 7.53. The zero-order valence-corrected chi connectivity index (χ0v) is 12.9. The van der Waals surface area contributed by atoms with Gasteiger partial charge in [0.15, 0.2) is 11.5 Å². The maximum absolute atomic E-state index is 5.61. The van der Waals surface area contributed by atoms with Crippen LogP contribution in [0.1, 0.15) is 39.2 Å². The number of ether oxygens (including phenoxy) is 2. The van der Waals surface area contributed by atoms with E-state index in [2.05, 4.69) is 38.2 Å². The van der Waals surface area contributed by atoms with Gasteiger partial charge in [-0.2, -0.15) is 0 Å². The smallest absolute Gasteiger partial charge is 0.161 e. The van der Waals surface area contributed by atoms with Gasteiger partial charge in [0, 0.05) is 6.04 Å². The summed E-state index contributed by atoms with van der Waals surface area (Å²) in [5, 5.41) is 3.59. The average molecular weight is 277 g/mol. The van der Waals surface area contributed by atoms with Crippen LogP contribution in [0, 0.1) is 5.92 Å². The van der Waals surface area contributed by atoms with Gasteiger partial charge in [-0.15, -0.1) is 0 Å². The van der Waals surface area contributed by atoms with Crippen molar-refractivity contribution in [3.63, 3.8) is 0 Å². The maximum Gasteiger partial charge on any atom is 0.161 e. The minimum atomic E-state index is 0.592. The molecule has 112 valence electrons. The first kappa shape index (κ1) is 15.2. The van der Waals surface area contributed by atoms with Gasteiger partial charge in [-0.25, -0.2) is 0 Å². The molecule has 0 radical (unpaired) electrons. The van der Waals surface area contributed by atoms with E-state index in [4.69, 9.17) is 9.47 Å². The van der Waals surface area contributed by atoms with E-state index < -0.39 is 0 Å². The van der Waals surface area contributed by atoms with Crippen LogP contribution in [0.25, 0.3) is 0 Å². The molecule has 3 heteroatoms. The molecule has 1 heterocycles. The number of fused-ring (bicyclic) bond motifs is 1. The molecule has 1 aromatic carbocycles. The Morgan fingerprint density at radius 1 is 1.05 bits per heavy atom. The third-order valence-electron chi connectivity index (χ3n) is 3.69. The first-order valence-corrected chi connectivity index (χ1v) is 7.77. The molecule has 1 atom stereocenters. The van der Waals surface area contributed by atoms with Gasteiger partial charge in [-0.1, -0.05) is 19.9 Å². The lowest BCUT2D eigenvalue weighted by molar-refractivity contribution is 0.171. The van der Waals surface area contributed by atoms with Crippen molar-refractivity contribution in [2.75, 3.05) is 19.8 Å². The Balaban J connectivity index is 1.74. The summed E-state index contributed by atoms with van der Waals surface area (Å²) in [5.41, 5.74) is 1.30. The number of nitrogens with one attached hydrogen (secondary N) is 1. The molecule has 0 spiro atoms. The van der Waals surface area contributed by atoms with E-state index in [1.807, 2.05) is 6.07 Å². The topological polar surface area (TPSA) is 30.5 Å². The third-order valence-corrected chi connectivity index (χ3v) is 3.69. The molecule has 2 rings (SSSR count). The highest BCUT2D eigenvalue weighted by Crippen LogP contribution is 2.30. The van der Waals surface area contributed by atoms with Crippen molar-refractivity contribution in [3.05, 3.63) is 23.8 Å². The van der Waals surface area contributed by atoms with Gasteiger partial charge in [-0.3, -0.25) is 0 Å². The van der Waals surface area contributed by atoms with Crippen molar-refractivity contribution in [3.8, 4) is 11.5 Å². The molecule has 3 nitrogen and oxygen atoms in total. The largest absolute Gasteiger partial charge is 0.486 e. The summed E-state index contributed by atoms with van der Waals surface area (Å²) >= 11 is 0. The fourth-order valence-corrected chi connectivity index (χ4v) is 2.39. The Morgan fingerprint density at radius 2 is 1.80 bits per heavy atom. The second-order valence-corrected chi connectivity index (χ2v) is 6.05. The monoisotopic (exact) mass is 277 g/mol. The Kier molecular flexibility index (Phi) is 5.72. The molecule has 0 fully saturated rings. The standard InChI is InChI=1S/C17H27NO2/c1-13(2)4-5-14(3)18-9-8-15-6-7-16-17(12-15)20-11-10-19-16/h6-7,12-14,18H,4-5,8-11H2,1-3H3. The Labute approximate surface area is 122 Å². The first-order valence-electron chi connectivity index (χ1n) is 7.77. The Morgan fingerprint density at radius 3 is 2.55 bits per heavy atom. The third kappa shape index (κ3) is 4.71. The molecule has 20 heavy (non-hydrogen) atoms. The zero-order chi connectivity index (χ0) is 14.4. The van der Waals surface area contributed by atoms with Gasteiger partial charge in [0.1, 0.15) is 13.2 Å². The first-order chi connectivity index (χ1) is 9.65. The average Bonchev–Trinajstić information content (AvgIpc) is 2.45. The SMILES string of the molecule is CC(C)CCC(C)NCCc1ccc2c(c1)OCCO2. The molecule has 0 saturated carbocycles. The molecule has 0 amide bonds. The maximum atomic E-state index is 5.61. The van der Waals surface area contributed by atoms with Crippen LogP contribution >= 0.6 is 0 Å². The minimum absolute atomic E-state index is 0.592. The van der Waals surface area contributed by atoms with Gasteiger partial charge >= 0.3 is 0 Å². The fraction of sp³-hybridized carbons (Fsp3) is 0.647. The summed E-state index contributed by atoms with van der Waals surface area (Å²) < 4.78 is 11.1. The number of hydrogen-bond donors (Lipinski definition) is 1. The van der Waals surface area contributed by atoms with Crippen LogP contribution in [0.2, 0.25) is 0 Å². The van der Waals surface area contributed by atoms with E-state index in [1.165, 1.54) is 18.4 Å². The minimum Gasteiger partial charge on any atom is -0.486 e. The summed E-state index contributed by atoms with van der Waals surface area (Å²) in [6.45, 7) is 9.15. The summed E-state index contributed by atoms with van der Waals surface area (Å²) in [4.78, 5) is 0. The molecule has 1 unspecified atom stereocenters. The quantitative estimate of drug-likeness (QED) is 0.828. The predicted octanol–water partition coefficient (Wildman–Crippen LogP) is 3.41. The van der Waals surface area contributed by atoms with Crippen molar-refractivity contribution in [2.24, 2.45) is 5.92 Å². The number of benzene rings is 1. The van der Waals surface area contributed by atoms with E-state index >= 15 is 0 Å². The molecule has 0 aromatic heterocycles. The van der Waals surface area contributed by atoms with Crippen LogP contribution in [0.15, 0.2) is 18.2 Å². The van der Waals surface area contributed by atoms with Crippen LogP contribution < -0.4 is 14.8 Å². The van der Waals surface area contributed by atoms with Crippen LogP contribution in [0.3, 0.4) is 0 Å². The van der Waals surface area contributed by atoms with Crippen molar-refractivity contribution >= 4 is 0 Å². The summed E-state index contributed by atoms with van der Waals surface area (Å²) in [6.07, 6.45) is 3.57. The molecule has 1 N–H and O–H groups in total. The van der Waals surface area contributed by atoms with E-state index in [0.717, 1.165) is 30.4 Å². The van der Waals surface area contributed by atoms with E-state index in [9.17, 15) is 0 Å². The molecule has 0 saturated heterocycles. The zero-order valence-electron chi connectivity index (χ0n) is 12.9. The van der Waals surface area contributed by atoms with Gasteiger partial charge in [0.25, 0.3) is 0 Å². The van der Waals surface area contributed by atoms with Crippen molar-refractivity contribution in [1.29, 1.82) is 0 Å². The van der Waals surface area contributed by atoms with Crippen LogP contribution in [-0.2, 0) is 6.42 Å². The second-order valence-electron chi connectivity index (χ2n) is 6.05. The molecule has 1 aliphatic heterocycles. The lowest BCUT2D eigenvalue weighted by atomic mass is 10.0. The summed E-state index contributed by atoms with van der Waals surface area (Å²) in [5.74, 6) is 2.55. The molecular formula is C17H27NO2. The lowest BCUT2D eigenvalue weighted by Gasteiger charge is -2.19. The molecule has 0 aliphatic carbocycles. The Hall–Kier alpha value is -1.22. The predicted molar refractivity (Wildman–Crippen MR) is 82.7 cm³/mol. The normalized spacial score (nSPS) is 15.4. The molecule has 1 aliphatic rings. The van der Waals surface area contributed by atoms with Crippen LogP contribution in [-0.4, -0.2) is 25.8 Å². The highest BCUT2D eigenvalue weighted by molar-refractivity contribution is 5.43. The van der Waals surface area contributed by atoms with E-state index in [0.29, 0.717) is 19.3 Å². The van der Waals surface area contributed by atoms with Gasteiger partial charge in [0.05, 0.1) is 0 Å². The highest BCUT2D eigenvalue weighted by atomic mass is 16.6. The van der Waals surface area contributed by atoms with Crippen molar-refractivity contribution < 1.29 is 9.47 Å². The van der Waals surface area contributed by atoms with E-state index in [-0.39, 0.29) is 0 Å². The summed E-state index contributed by atoms with van der Waals surface area (Å²) in [7, 11) is 0. The van der Waals surface area contributed by atoms with E-state index in [1.54, 1.807) is 0 Å². The number of rotatable bonds is 7. The fourth-order valence-electron chi connectivity index (χ4n) is 2.39. The van der Waals surface area contributed by atoms with Crippen molar-refractivity contribution in [2.45, 2.75) is 46.1 Å². The van der Waals surface area contributed by atoms with Crippen LogP contribution in [0.4, 0.5) is 0 Å².